The van der Waals surface area contributed by atoms with Gasteiger partial charge in [-0.2, -0.15) is 5.26 Å². The predicted molar refractivity (Wildman–Crippen MR) is 47.1 cm³/mol. The van der Waals surface area contributed by atoms with Crippen LogP contribution in [0.2, 0.25) is 5.02 Å². The molecule has 1 rings (SSSR count). The van der Waals surface area contributed by atoms with Gasteiger partial charge >= 0.3 is 0 Å². The van der Waals surface area contributed by atoms with Crippen LogP contribution in [0.25, 0.3) is 0 Å². The van der Waals surface area contributed by atoms with E-state index in [-0.39, 0.29) is 5.75 Å². The van der Waals surface area contributed by atoms with Crippen LogP contribution in [0.15, 0.2) is 18.2 Å². The highest BCUT2D eigenvalue weighted by molar-refractivity contribution is 6.31. The molecule has 0 aliphatic rings. The van der Waals surface area contributed by atoms with Gasteiger partial charge in [0.05, 0.1) is 11.1 Å². The topological polar surface area (TPSA) is 44.0 Å². The summed E-state index contributed by atoms with van der Waals surface area (Å²) in [6.07, 6.45) is 1.11. The highest BCUT2D eigenvalue weighted by Gasteiger charge is 1.98. The number of benzene rings is 1. The molecule has 0 spiro atoms. The quantitative estimate of drug-likeness (QED) is 0.762. The highest BCUT2D eigenvalue weighted by atomic mass is 35.5. The summed E-state index contributed by atoms with van der Waals surface area (Å²) in [5, 5.41) is 17.8. The number of nitriles is 1. The summed E-state index contributed by atoms with van der Waals surface area (Å²) in [5.74, 6) is 0.0760. The van der Waals surface area contributed by atoms with Crippen molar-refractivity contribution in [2.75, 3.05) is 0 Å². The number of phenolic OH excluding ortho intramolecular Hbond substituents is 1. The summed E-state index contributed by atoms with van der Waals surface area (Å²) in [7, 11) is 0. The van der Waals surface area contributed by atoms with E-state index < -0.39 is 0 Å². The Kier molecular flexibility index (Phi) is 2.95. The molecule has 1 aromatic carbocycles. The normalized spacial score (nSPS) is 9.33. The molecule has 2 nitrogen and oxygen atoms in total. The van der Waals surface area contributed by atoms with Gasteiger partial charge in [-0.15, -0.1) is 0 Å². The maximum Gasteiger partial charge on any atom is 0.134 e. The lowest BCUT2D eigenvalue weighted by Crippen LogP contribution is -1.82. The Labute approximate surface area is 76.0 Å². The van der Waals surface area contributed by atoms with Gasteiger partial charge in [0.1, 0.15) is 5.75 Å². The lowest BCUT2D eigenvalue weighted by Gasteiger charge is -1.99. The van der Waals surface area contributed by atoms with Crippen LogP contribution in [0.5, 0.6) is 5.75 Å². The first-order chi connectivity index (χ1) is 5.74. The Morgan fingerprint density at radius 2 is 2.25 bits per heavy atom. The van der Waals surface area contributed by atoms with E-state index in [0.29, 0.717) is 17.9 Å². The second-order valence-electron chi connectivity index (χ2n) is 2.44. The predicted octanol–water partition coefficient (Wildman–Crippen LogP) is 2.50. The van der Waals surface area contributed by atoms with Crippen molar-refractivity contribution < 1.29 is 5.11 Å². The first-order valence-corrected chi connectivity index (χ1v) is 3.96. The molecule has 0 unspecified atom stereocenters. The first-order valence-electron chi connectivity index (χ1n) is 3.58. The van der Waals surface area contributed by atoms with Crippen LogP contribution in [-0.4, -0.2) is 5.11 Å². The van der Waals surface area contributed by atoms with Crippen molar-refractivity contribution in [3.05, 3.63) is 28.8 Å². The van der Waals surface area contributed by atoms with Gasteiger partial charge in [-0.25, -0.2) is 0 Å². The molecule has 0 radical (unpaired) electrons. The van der Waals surface area contributed by atoms with Crippen molar-refractivity contribution in [2.45, 2.75) is 12.8 Å². The number of nitrogens with zero attached hydrogens (tertiary/aromatic N) is 1. The smallest absolute Gasteiger partial charge is 0.134 e. The minimum absolute atomic E-state index is 0.0760. The molecule has 12 heavy (non-hydrogen) atoms. The fourth-order valence-corrected chi connectivity index (χ4v) is 1.03. The molecule has 1 N–H and O–H groups in total. The van der Waals surface area contributed by atoms with Gasteiger partial charge in [0.15, 0.2) is 0 Å². The highest BCUT2D eigenvalue weighted by Crippen LogP contribution is 2.23. The SMILES string of the molecule is N#CCCc1ccc(Cl)c(O)c1. The van der Waals surface area contributed by atoms with Crippen molar-refractivity contribution in [3.63, 3.8) is 0 Å². The number of aromatic hydroxyl groups is 1. The van der Waals surface area contributed by atoms with Crippen molar-refractivity contribution in [2.24, 2.45) is 0 Å². The monoisotopic (exact) mass is 181 g/mol. The van der Waals surface area contributed by atoms with Crippen molar-refractivity contribution in [3.8, 4) is 11.8 Å². The van der Waals surface area contributed by atoms with Gasteiger partial charge in [-0.1, -0.05) is 17.7 Å². The molecule has 0 atom stereocenters. The van der Waals surface area contributed by atoms with Gasteiger partial charge in [-0.3, -0.25) is 0 Å². The zero-order chi connectivity index (χ0) is 8.97. The van der Waals surface area contributed by atoms with Gasteiger partial charge in [0.2, 0.25) is 0 Å². The number of aryl methyl sites for hydroxylation is 1. The first kappa shape index (κ1) is 8.89. The molecule has 0 saturated carbocycles. The molecule has 0 aliphatic carbocycles. The summed E-state index contributed by atoms with van der Waals surface area (Å²) in [5.41, 5.74) is 0.929. The average Bonchev–Trinajstić information content (AvgIpc) is 2.07. The third kappa shape index (κ3) is 2.14. The largest absolute Gasteiger partial charge is 0.506 e. The summed E-state index contributed by atoms with van der Waals surface area (Å²) in [6, 6.07) is 7.05. The minimum Gasteiger partial charge on any atom is -0.506 e. The number of rotatable bonds is 2. The van der Waals surface area contributed by atoms with Crippen LogP contribution in [-0.2, 0) is 6.42 Å². The van der Waals surface area contributed by atoms with Gasteiger partial charge in [-0.05, 0) is 24.1 Å². The van der Waals surface area contributed by atoms with E-state index in [4.69, 9.17) is 16.9 Å². The molecule has 0 bridgehead atoms. The van der Waals surface area contributed by atoms with E-state index in [1.807, 2.05) is 6.07 Å². The molecule has 0 saturated heterocycles. The van der Waals surface area contributed by atoms with Crippen molar-refractivity contribution >= 4 is 11.6 Å². The molecule has 0 aromatic heterocycles. The van der Waals surface area contributed by atoms with E-state index in [1.165, 1.54) is 0 Å². The van der Waals surface area contributed by atoms with E-state index in [0.717, 1.165) is 5.56 Å². The third-order valence-corrected chi connectivity index (χ3v) is 1.86. The second-order valence-corrected chi connectivity index (χ2v) is 2.85. The average molecular weight is 182 g/mol. The van der Waals surface area contributed by atoms with Crippen LogP contribution in [0.1, 0.15) is 12.0 Å². The standard InChI is InChI=1S/C9H8ClNO/c10-8-4-3-7(2-1-5-11)6-9(8)12/h3-4,6,12H,1-2H2. The van der Waals surface area contributed by atoms with Crippen molar-refractivity contribution in [1.82, 2.24) is 0 Å². The summed E-state index contributed by atoms with van der Waals surface area (Å²) >= 11 is 5.60. The molecule has 0 amide bonds. The summed E-state index contributed by atoms with van der Waals surface area (Å²) in [4.78, 5) is 0. The van der Waals surface area contributed by atoms with Crippen LogP contribution < -0.4 is 0 Å². The molecule has 3 heteroatoms. The second kappa shape index (κ2) is 3.99. The summed E-state index contributed by atoms with van der Waals surface area (Å²) < 4.78 is 0. The van der Waals surface area contributed by atoms with Crippen LogP contribution in [0, 0.1) is 11.3 Å². The van der Waals surface area contributed by atoms with E-state index in [2.05, 4.69) is 0 Å². The molecular formula is C9H8ClNO. The fourth-order valence-electron chi connectivity index (χ4n) is 0.914. The Morgan fingerprint density at radius 1 is 1.50 bits per heavy atom. The number of halogens is 1. The van der Waals surface area contributed by atoms with E-state index in [1.54, 1.807) is 18.2 Å². The van der Waals surface area contributed by atoms with E-state index >= 15 is 0 Å². The third-order valence-electron chi connectivity index (χ3n) is 1.54. The maximum atomic E-state index is 9.18. The Hall–Kier alpha value is -1.20. The van der Waals surface area contributed by atoms with Crippen molar-refractivity contribution in [1.29, 1.82) is 5.26 Å². The van der Waals surface area contributed by atoms with Gasteiger partial charge in [0.25, 0.3) is 0 Å². The fraction of sp³-hybridized carbons (Fsp3) is 0.222. The van der Waals surface area contributed by atoms with Crippen LogP contribution in [0.3, 0.4) is 0 Å². The zero-order valence-corrected chi connectivity index (χ0v) is 7.17. The Bertz CT molecular complexity index is 317. The molecule has 1 aromatic rings. The molecule has 62 valence electrons. The molecular weight excluding hydrogens is 174 g/mol. The zero-order valence-electron chi connectivity index (χ0n) is 6.42. The summed E-state index contributed by atoms with van der Waals surface area (Å²) in [6.45, 7) is 0. The lowest BCUT2D eigenvalue weighted by atomic mass is 10.1. The van der Waals surface area contributed by atoms with Crippen LogP contribution in [0.4, 0.5) is 0 Å². The number of phenols is 1. The van der Waals surface area contributed by atoms with E-state index in [9.17, 15) is 5.11 Å². The Balaban J connectivity index is 2.77. The molecule has 0 heterocycles. The number of hydrogen-bond donors (Lipinski definition) is 1. The Morgan fingerprint density at radius 3 is 2.83 bits per heavy atom. The molecule has 0 fully saturated rings. The lowest BCUT2D eigenvalue weighted by molar-refractivity contribution is 0.475. The van der Waals surface area contributed by atoms with Gasteiger partial charge in [0, 0.05) is 6.42 Å². The molecule has 0 aliphatic heterocycles. The number of hydrogen-bond acceptors (Lipinski definition) is 2. The minimum atomic E-state index is 0.0760. The van der Waals surface area contributed by atoms with Gasteiger partial charge < -0.3 is 5.11 Å². The maximum absolute atomic E-state index is 9.18. The van der Waals surface area contributed by atoms with Crippen LogP contribution >= 0.6 is 11.6 Å².